The molecule has 4 nitrogen and oxygen atoms in total. The highest BCUT2D eigenvalue weighted by Crippen LogP contribution is 2.24. The van der Waals surface area contributed by atoms with Crippen LogP contribution >= 0.6 is 0 Å². The predicted molar refractivity (Wildman–Crippen MR) is 63.2 cm³/mol. The van der Waals surface area contributed by atoms with Crippen molar-refractivity contribution in [3.05, 3.63) is 18.2 Å². The first kappa shape index (κ1) is 13.4. The summed E-state index contributed by atoms with van der Waals surface area (Å²) in [6, 6.07) is 0.389. The number of alkyl halides is 2. The molecule has 0 saturated carbocycles. The fraction of sp³-hybridized carbons (Fsp3) is 0.750. The van der Waals surface area contributed by atoms with E-state index in [1.807, 2.05) is 0 Å². The summed E-state index contributed by atoms with van der Waals surface area (Å²) in [5, 5.41) is 8.85. The normalized spacial score (nSPS) is 21.0. The Morgan fingerprint density at radius 3 is 3.06 bits per heavy atom. The van der Waals surface area contributed by atoms with Crippen LogP contribution in [-0.2, 0) is 6.54 Å². The van der Waals surface area contributed by atoms with Gasteiger partial charge in [-0.15, -0.1) is 0 Å². The van der Waals surface area contributed by atoms with E-state index in [1.165, 1.54) is 12.4 Å². The summed E-state index contributed by atoms with van der Waals surface area (Å²) in [5.74, 6) is 0.417. The van der Waals surface area contributed by atoms with Gasteiger partial charge in [0, 0.05) is 25.0 Å². The average molecular weight is 259 g/mol. The molecule has 0 aliphatic carbocycles. The highest BCUT2D eigenvalue weighted by molar-refractivity contribution is 4.94. The minimum absolute atomic E-state index is 0.190. The second-order valence-electron chi connectivity index (χ2n) is 4.66. The molecule has 1 unspecified atom stereocenters. The minimum atomic E-state index is -2.53. The molecule has 0 spiro atoms. The van der Waals surface area contributed by atoms with Gasteiger partial charge in [-0.1, -0.05) is 0 Å². The van der Waals surface area contributed by atoms with E-state index in [0.717, 1.165) is 36.8 Å². The van der Waals surface area contributed by atoms with Gasteiger partial charge in [0.05, 0.1) is 6.54 Å². The summed E-state index contributed by atoms with van der Waals surface area (Å²) in [5.41, 5.74) is 0. The maximum absolute atomic E-state index is 12.7. The molecule has 102 valence electrons. The van der Waals surface area contributed by atoms with E-state index >= 15 is 0 Å². The smallest absolute Gasteiger partial charge is 0.319 e. The van der Waals surface area contributed by atoms with Gasteiger partial charge in [-0.05, 0) is 32.2 Å². The van der Waals surface area contributed by atoms with Crippen molar-refractivity contribution in [3.8, 4) is 0 Å². The Morgan fingerprint density at radius 1 is 1.50 bits per heavy atom. The van der Waals surface area contributed by atoms with E-state index in [2.05, 4.69) is 9.88 Å². The third kappa shape index (κ3) is 3.05. The number of halogens is 2. The average Bonchev–Trinajstić information content (AvgIpc) is 2.96. The van der Waals surface area contributed by atoms with Gasteiger partial charge in [0.1, 0.15) is 5.82 Å². The Bertz CT molecular complexity index is 370. The zero-order valence-electron chi connectivity index (χ0n) is 10.3. The molecule has 1 aliphatic rings. The van der Waals surface area contributed by atoms with Gasteiger partial charge in [-0.2, -0.15) is 8.78 Å². The van der Waals surface area contributed by atoms with Gasteiger partial charge in [-0.25, -0.2) is 4.98 Å². The molecule has 0 aromatic carbocycles. The van der Waals surface area contributed by atoms with E-state index in [4.69, 9.17) is 5.11 Å². The first-order valence-corrected chi connectivity index (χ1v) is 6.37. The van der Waals surface area contributed by atoms with Crippen LogP contribution in [0.5, 0.6) is 0 Å². The van der Waals surface area contributed by atoms with E-state index < -0.39 is 6.55 Å². The van der Waals surface area contributed by atoms with Crippen LogP contribution in [0, 0.1) is 0 Å². The van der Waals surface area contributed by atoms with Crippen molar-refractivity contribution in [2.45, 2.75) is 44.8 Å². The summed E-state index contributed by atoms with van der Waals surface area (Å²) in [6.07, 6.45) is 6.59. The van der Waals surface area contributed by atoms with E-state index in [0.29, 0.717) is 18.4 Å². The van der Waals surface area contributed by atoms with Crippen LogP contribution in [0.3, 0.4) is 0 Å². The summed E-state index contributed by atoms with van der Waals surface area (Å²) in [4.78, 5) is 6.20. The Hall–Kier alpha value is -1.01. The SMILES string of the molecule is OCCCC1CCCN1Cc1nccn1C(F)F. The lowest BCUT2D eigenvalue weighted by atomic mass is 10.1. The topological polar surface area (TPSA) is 41.3 Å². The molecule has 1 fully saturated rings. The number of aliphatic hydroxyl groups excluding tert-OH is 1. The first-order chi connectivity index (χ1) is 8.72. The maximum Gasteiger partial charge on any atom is 0.319 e. The fourth-order valence-corrected chi connectivity index (χ4v) is 2.58. The van der Waals surface area contributed by atoms with E-state index in [-0.39, 0.29) is 6.61 Å². The van der Waals surface area contributed by atoms with Gasteiger partial charge in [0.2, 0.25) is 0 Å². The van der Waals surface area contributed by atoms with Gasteiger partial charge < -0.3 is 5.11 Å². The number of aliphatic hydroxyl groups is 1. The summed E-state index contributed by atoms with van der Waals surface area (Å²) >= 11 is 0. The third-order valence-electron chi connectivity index (χ3n) is 3.50. The number of likely N-dealkylation sites (tertiary alicyclic amines) is 1. The van der Waals surface area contributed by atoms with Crippen LogP contribution in [0.15, 0.2) is 12.4 Å². The molecule has 2 rings (SSSR count). The van der Waals surface area contributed by atoms with Crippen molar-refractivity contribution in [2.75, 3.05) is 13.2 Å². The molecule has 1 saturated heterocycles. The Morgan fingerprint density at radius 2 is 2.33 bits per heavy atom. The van der Waals surface area contributed by atoms with Crippen LogP contribution in [0.2, 0.25) is 0 Å². The number of imidazole rings is 1. The zero-order chi connectivity index (χ0) is 13.0. The van der Waals surface area contributed by atoms with Crippen molar-refractivity contribution in [1.82, 2.24) is 14.5 Å². The van der Waals surface area contributed by atoms with Crippen molar-refractivity contribution in [2.24, 2.45) is 0 Å². The lowest BCUT2D eigenvalue weighted by molar-refractivity contribution is 0.0632. The highest BCUT2D eigenvalue weighted by atomic mass is 19.3. The van der Waals surface area contributed by atoms with Crippen molar-refractivity contribution in [3.63, 3.8) is 0 Å². The van der Waals surface area contributed by atoms with Gasteiger partial charge in [-0.3, -0.25) is 9.47 Å². The Kier molecular flexibility index (Phi) is 4.66. The van der Waals surface area contributed by atoms with E-state index in [1.54, 1.807) is 0 Å². The molecule has 0 bridgehead atoms. The largest absolute Gasteiger partial charge is 0.396 e. The number of hydrogen-bond acceptors (Lipinski definition) is 3. The number of aromatic nitrogens is 2. The fourth-order valence-electron chi connectivity index (χ4n) is 2.58. The van der Waals surface area contributed by atoms with Crippen molar-refractivity contribution >= 4 is 0 Å². The zero-order valence-corrected chi connectivity index (χ0v) is 10.3. The number of nitrogens with zero attached hydrogens (tertiary/aromatic N) is 3. The van der Waals surface area contributed by atoms with Crippen LogP contribution in [0.25, 0.3) is 0 Å². The molecule has 0 amide bonds. The molecular weight excluding hydrogens is 240 g/mol. The quantitative estimate of drug-likeness (QED) is 0.849. The molecule has 0 radical (unpaired) electrons. The standard InChI is InChI=1S/C12H19F2N3O/c13-12(14)17-7-5-15-11(17)9-16-6-1-3-10(16)4-2-8-18/h5,7,10,12,18H,1-4,6,8-9H2. The predicted octanol–water partition coefficient (Wildman–Crippen LogP) is 2.02. The van der Waals surface area contributed by atoms with Crippen LogP contribution < -0.4 is 0 Å². The number of rotatable bonds is 6. The Balaban J connectivity index is 1.97. The van der Waals surface area contributed by atoms with Gasteiger partial charge in [0.25, 0.3) is 0 Å². The van der Waals surface area contributed by atoms with Crippen LogP contribution in [0.4, 0.5) is 8.78 Å². The molecule has 1 N–H and O–H groups in total. The molecule has 1 atom stereocenters. The first-order valence-electron chi connectivity index (χ1n) is 6.37. The van der Waals surface area contributed by atoms with Crippen LogP contribution in [0.1, 0.15) is 38.1 Å². The Labute approximate surface area is 105 Å². The molecule has 6 heteroatoms. The number of hydrogen-bond donors (Lipinski definition) is 1. The van der Waals surface area contributed by atoms with Gasteiger partial charge >= 0.3 is 6.55 Å². The monoisotopic (exact) mass is 259 g/mol. The van der Waals surface area contributed by atoms with E-state index in [9.17, 15) is 8.78 Å². The van der Waals surface area contributed by atoms with Crippen molar-refractivity contribution in [1.29, 1.82) is 0 Å². The highest BCUT2D eigenvalue weighted by Gasteiger charge is 2.25. The van der Waals surface area contributed by atoms with Crippen molar-refractivity contribution < 1.29 is 13.9 Å². The van der Waals surface area contributed by atoms with Gasteiger partial charge in [0.15, 0.2) is 0 Å². The minimum Gasteiger partial charge on any atom is -0.396 e. The second kappa shape index (κ2) is 6.24. The lowest BCUT2D eigenvalue weighted by Gasteiger charge is -2.24. The molecule has 1 aliphatic heterocycles. The lowest BCUT2D eigenvalue weighted by Crippen LogP contribution is -2.30. The third-order valence-corrected chi connectivity index (χ3v) is 3.50. The molecule has 1 aromatic rings. The maximum atomic E-state index is 12.7. The second-order valence-corrected chi connectivity index (χ2v) is 4.66. The summed E-state index contributed by atoms with van der Waals surface area (Å²) in [6.45, 7) is -0.948. The molecule has 2 heterocycles. The molecular formula is C12H19F2N3O. The summed E-state index contributed by atoms with van der Waals surface area (Å²) in [7, 11) is 0. The molecule has 1 aromatic heterocycles. The summed E-state index contributed by atoms with van der Waals surface area (Å²) < 4.78 is 26.3. The molecule has 18 heavy (non-hydrogen) atoms. The van der Waals surface area contributed by atoms with Crippen LogP contribution in [-0.4, -0.2) is 38.8 Å².